The number of anilines is 1. The number of fused-ring (bicyclic) bond motifs is 1. The lowest BCUT2D eigenvalue weighted by molar-refractivity contribution is 0.0985. The summed E-state index contributed by atoms with van der Waals surface area (Å²) in [5.41, 5.74) is 0.983. The van der Waals surface area contributed by atoms with Gasteiger partial charge in [0.05, 0.1) is 11.2 Å². The molecule has 2 aromatic heterocycles. The van der Waals surface area contributed by atoms with Gasteiger partial charge in [0.2, 0.25) is 0 Å². The zero-order chi connectivity index (χ0) is 20.5. The van der Waals surface area contributed by atoms with Crippen LogP contribution in [0.5, 0.6) is 0 Å². The normalized spacial score (nSPS) is 11.0. The number of nitrogens with zero attached hydrogens (tertiary/aromatic N) is 3. The van der Waals surface area contributed by atoms with E-state index in [1.807, 2.05) is 0 Å². The van der Waals surface area contributed by atoms with Crippen LogP contribution in [-0.2, 0) is 6.54 Å². The summed E-state index contributed by atoms with van der Waals surface area (Å²) in [6.07, 6.45) is 3.22. The van der Waals surface area contributed by atoms with Gasteiger partial charge in [0.25, 0.3) is 5.91 Å². The molecule has 0 unspecified atom stereocenters. The average molecular weight is 450 g/mol. The van der Waals surface area contributed by atoms with Gasteiger partial charge in [-0.2, -0.15) is 0 Å². The number of hydrogen-bond acceptors (Lipinski definition) is 4. The molecule has 1 amide bonds. The molecule has 0 bridgehead atoms. The molecule has 146 valence electrons. The monoisotopic (exact) mass is 449 g/mol. The Hall–Kier alpha value is -2.61. The third kappa shape index (κ3) is 4.22. The summed E-state index contributed by atoms with van der Waals surface area (Å²) in [5, 5.41) is 0.827. The number of rotatable bonds is 4. The number of thiazole rings is 1. The lowest BCUT2D eigenvalue weighted by Gasteiger charge is -2.20. The van der Waals surface area contributed by atoms with E-state index in [-0.39, 0.29) is 22.8 Å². The number of halogens is 4. The third-order valence-corrected chi connectivity index (χ3v) is 5.51. The highest BCUT2D eigenvalue weighted by molar-refractivity contribution is 7.22. The number of benzene rings is 2. The van der Waals surface area contributed by atoms with Crippen LogP contribution in [0.1, 0.15) is 15.9 Å². The Kier molecular flexibility index (Phi) is 5.45. The summed E-state index contributed by atoms with van der Waals surface area (Å²) in [6, 6.07) is 9.96. The molecule has 0 aliphatic heterocycles. The van der Waals surface area contributed by atoms with Gasteiger partial charge in [-0.15, -0.1) is 0 Å². The van der Waals surface area contributed by atoms with Crippen LogP contribution in [-0.4, -0.2) is 15.9 Å². The maximum atomic E-state index is 14.1. The van der Waals surface area contributed by atoms with E-state index < -0.39 is 17.5 Å². The van der Waals surface area contributed by atoms with E-state index in [4.69, 9.17) is 23.2 Å². The van der Waals surface area contributed by atoms with Gasteiger partial charge in [-0.05, 0) is 35.9 Å². The minimum absolute atomic E-state index is 0.000451. The van der Waals surface area contributed by atoms with Gasteiger partial charge < -0.3 is 0 Å². The Morgan fingerprint density at radius 2 is 1.86 bits per heavy atom. The molecule has 4 aromatic rings. The standard InChI is InChI=1S/C20H11Cl2F2N3OS/c21-13-4-12(5-14(22)6-13)19(28)27(10-11-2-1-3-25-9-11)20-26-18-16(24)7-15(23)8-17(18)29-20/h1-9H,10H2. The number of aromatic nitrogens is 2. The van der Waals surface area contributed by atoms with Crippen molar-refractivity contribution in [2.75, 3.05) is 4.90 Å². The van der Waals surface area contributed by atoms with Crippen molar-refractivity contribution in [3.8, 4) is 0 Å². The quantitative estimate of drug-likeness (QED) is 0.376. The molecule has 4 nitrogen and oxygen atoms in total. The number of carbonyl (C=O) groups excluding carboxylic acids is 1. The van der Waals surface area contributed by atoms with Crippen LogP contribution in [0.25, 0.3) is 10.2 Å². The van der Waals surface area contributed by atoms with Crippen molar-refractivity contribution in [3.63, 3.8) is 0 Å². The fourth-order valence-electron chi connectivity index (χ4n) is 2.79. The molecule has 0 atom stereocenters. The molecule has 0 N–H and O–H groups in total. The van der Waals surface area contributed by atoms with Crippen LogP contribution in [0.15, 0.2) is 54.9 Å². The van der Waals surface area contributed by atoms with Crippen LogP contribution in [0.3, 0.4) is 0 Å². The molecule has 0 saturated heterocycles. The van der Waals surface area contributed by atoms with Crippen LogP contribution in [0.4, 0.5) is 13.9 Å². The molecule has 0 radical (unpaired) electrons. The van der Waals surface area contributed by atoms with Gasteiger partial charge in [-0.1, -0.05) is 40.6 Å². The van der Waals surface area contributed by atoms with Crippen molar-refractivity contribution < 1.29 is 13.6 Å². The summed E-state index contributed by atoms with van der Waals surface area (Å²) in [6.45, 7) is 0.126. The fourth-order valence-corrected chi connectivity index (χ4v) is 4.32. The molecule has 0 spiro atoms. The molecule has 0 aliphatic carbocycles. The summed E-state index contributed by atoms with van der Waals surface area (Å²) in [5.74, 6) is -1.93. The SMILES string of the molecule is O=C(c1cc(Cl)cc(Cl)c1)N(Cc1cccnc1)c1nc2c(F)cc(F)cc2s1. The van der Waals surface area contributed by atoms with Crippen LogP contribution in [0.2, 0.25) is 10.0 Å². The fraction of sp³-hybridized carbons (Fsp3) is 0.0500. The first kappa shape index (κ1) is 19.7. The van der Waals surface area contributed by atoms with E-state index >= 15 is 0 Å². The largest absolute Gasteiger partial charge is 0.279 e. The van der Waals surface area contributed by atoms with Crippen molar-refractivity contribution in [3.05, 3.63) is 87.7 Å². The van der Waals surface area contributed by atoms with Gasteiger partial charge in [-0.3, -0.25) is 14.7 Å². The van der Waals surface area contributed by atoms with E-state index in [1.165, 1.54) is 29.2 Å². The molecule has 29 heavy (non-hydrogen) atoms. The van der Waals surface area contributed by atoms with E-state index in [1.54, 1.807) is 24.5 Å². The zero-order valence-corrected chi connectivity index (χ0v) is 16.9. The molecule has 0 fully saturated rings. The summed E-state index contributed by atoms with van der Waals surface area (Å²) < 4.78 is 28.0. The van der Waals surface area contributed by atoms with E-state index in [0.29, 0.717) is 14.7 Å². The Bertz CT molecular complexity index is 1200. The number of hydrogen-bond donors (Lipinski definition) is 0. The Balaban J connectivity index is 1.82. The second-order valence-corrected chi connectivity index (χ2v) is 8.02. The Morgan fingerprint density at radius 3 is 2.55 bits per heavy atom. The van der Waals surface area contributed by atoms with Crippen LogP contribution in [0, 0.1) is 11.6 Å². The van der Waals surface area contributed by atoms with Crippen LogP contribution >= 0.6 is 34.5 Å². The smallest absolute Gasteiger partial charge is 0.260 e. The molecule has 2 aromatic carbocycles. The minimum Gasteiger partial charge on any atom is -0.279 e. The van der Waals surface area contributed by atoms with Crippen molar-refractivity contribution in [1.29, 1.82) is 0 Å². The third-order valence-electron chi connectivity index (χ3n) is 4.05. The summed E-state index contributed by atoms with van der Waals surface area (Å²) >= 11 is 13.1. The molecule has 9 heteroatoms. The maximum absolute atomic E-state index is 14.1. The second kappa shape index (κ2) is 8.02. The average Bonchev–Trinajstić information content (AvgIpc) is 3.09. The minimum atomic E-state index is -0.790. The first-order valence-corrected chi connectivity index (χ1v) is 9.90. The lowest BCUT2D eigenvalue weighted by atomic mass is 10.2. The van der Waals surface area contributed by atoms with Crippen molar-refractivity contribution in [2.24, 2.45) is 0 Å². The van der Waals surface area contributed by atoms with Crippen molar-refractivity contribution in [1.82, 2.24) is 9.97 Å². The highest BCUT2D eigenvalue weighted by Gasteiger charge is 2.23. The first-order valence-electron chi connectivity index (χ1n) is 8.33. The molecule has 2 heterocycles. The van der Waals surface area contributed by atoms with Gasteiger partial charge in [-0.25, -0.2) is 13.8 Å². The summed E-state index contributed by atoms with van der Waals surface area (Å²) in [7, 11) is 0. The van der Waals surface area contributed by atoms with E-state index in [0.717, 1.165) is 23.0 Å². The highest BCUT2D eigenvalue weighted by Crippen LogP contribution is 2.33. The molecule has 4 rings (SSSR count). The second-order valence-electron chi connectivity index (χ2n) is 6.14. The summed E-state index contributed by atoms with van der Waals surface area (Å²) in [4.78, 5) is 22.9. The van der Waals surface area contributed by atoms with E-state index in [9.17, 15) is 13.6 Å². The Labute approximate surface area is 178 Å². The molecule has 0 aliphatic rings. The lowest BCUT2D eigenvalue weighted by Crippen LogP contribution is -2.30. The first-order chi connectivity index (χ1) is 13.9. The van der Waals surface area contributed by atoms with Gasteiger partial charge in [0, 0.05) is 34.1 Å². The Morgan fingerprint density at radius 1 is 1.10 bits per heavy atom. The van der Waals surface area contributed by atoms with Gasteiger partial charge in [0.1, 0.15) is 11.3 Å². The van der Waals surface area contributed by atoms with Gasteiger partial charge >= 0.3 is 0 Å². The topological polar surface area (TPSA) is 46.1 Å². The van der Waals surface area contributed by atoms with Crippen LogP contribution < -0.4 is 4.90 Å². The van der Waals surface area contributed by atoms with E-state index in [2.05, 4.69) is 9.97 Å². The molecular weight excluding hydrogens is 439 g/mol. The number of carbonyl (C=O) groups is 1. The van der Waals surface area contributed by atoms with Gasteiger partial charge in [0.15, 0.2) is 10.9 Å². The van der Waals surface area contributed by atoms with Crippen molar-refractivity contribution in [2.45, 2.75) is 6.54 Å². The zero-order valence-electron chi connectivity index (χ0n) is 14.6. The van der Waals surface area contributed by atoms with Crippen molar-refractivity contribution >= 4 is 55.8 Å². The molecular formula is C20H11Cl2F2N3OS. The molecule has 0 saturated carbocycles. The highest BCUT2D eigenvalue weighted by atomic mass is 35.5. The maximum Gasteiger partial charge on any atom is 0.260 e. The number of amides is 1. The number of pyridine rings is 1. The predicted molar refractivity (Wildman–Crippen MR) is 111 cm³/mol. The predicted octanol–water partition coefficient (Wildman–Crippen LogP) is 6.12.